The van der Waals surface area contributed by atoms with Crippen LogP contribution in [0.15, 0.2) is 36.7 Å². The number of pyridine rings is 2. The number of anilines is 2. The molecule has 2 atom stereocenters. The number of fused-ring (bicyclic) bond motifs is 5. The minimum absolute atomic E-state index is 0.581. The first-order chi connectivity index (χ1) is 18.8. The summed E-state index contributed by atoms with van der Waals surface area (Å²) in [6.07, 6.45) is 6.26. The molecular weight excluding hydrogens is 480 g/mol. The van der Waals surface area contributed by atoms with Crippen LogP contribution in [-0.4, -0.2) is 112 Å². The molecule has 0 radical (unpaired) electrons. The van der Waals surface area contributed by atoms with Crippen LogP contribution < -0.4 is 21.3 Å². The standard InChI is InChI=1S/C28H46N8O2/c1-7-29-9-16-36-14-2-8-30-10-15-35(13-1)23-25-3-5-27(33-21-25)31-11-17-37-19-20-38-18-12-32-28-6-4-26(24-36)22-34-28/h3-6,21-22,29-30H,1-2,7-20,23-24H2,(H,31,33)(H,32,34). The molecule has 1 fully saturated rings. The monoisotopic (exact) mass is 526 g/mol. The highest BCUT2D eigenvalue weighted by molar-refractivity contribution is 5.36. The van der Waals surface area contributed by atoms with Crippen molar-refractivity contribution in [2.75, 3.05) is 103 Å². The van der Waals surface area contributed by atoms with Gasteiger partial charge in [-0.05, 0) is 62.3 Å². The maximum atomic E-state index is 5.67. The van der Waals surface area contributed by atoms with Crippen molar-refractivity contribution in [1.29, 1.82) is 0 Å². The Balaban J connectivity index is 1.36. The van der Waals surface area contributed by atoms with E-state index in [0.29, 0.717) is 26.4 Å². The molecule has 6 aliphatic heterocycles. The summed E-state index contributed by atoms with van der Waals surface area (Å²) in [6.45, 7) is 14.0. The van der Waals surface area contributed by atoms with Crippen LogP contribution in [0.1, 0.15) is 24.0 Å². The van der Waals surface area contributed by atoms with Gasteiger partial charge in [-0.1, -0.05) is 12.1 Å². The maximum Gasteiger partial charge on any atom is 0.125 e. The van der Waals surface area contributed by atoms with E-state index in [9.17, 15) is 0 Å². The molecule has 2 aromatic rings. The fourth-order valence-electron chi connectivity index (χ4n) is 4.71. The molecule has 38 heavy (non-hydrogen) atoms. The minimum Gasteiger partial charge on any atom is -0.377 e. The summed E-state index contributed by atoms with van der Waals surface area (Å²) in [7, 11) is 0. The molecule has 6 bridgehead atoms. The Morgan fingerprint density at radius 1 is 0.553 bits per heavy atom. The van der Waals surface area contributed by atoms with Crippen molar-refractivity contribution in [2.45, 2.75) is 25.9 Å². The van der Waals surface area contributed by atoms with Crippen LogP contribution in [0.25, 0.3) is 0 Å². The van der Waals surface area contributed by atoms with E-state index in [1.165, 1.54) is 11.1 Å². The van der Waals surface area contributed by atoms with Gasteiger partial charge in [-0.15, -0.1) is 0 Å². The Bertz CT molecular complexity index is 794. The number of nitrogens with one attached hydrogen (secondary N) is 4. The van der Waals surface area contributed by atoms with E-state index in [0.717, 1.165) is 103 Å². The van der Waals surface area contributed by atoms with Crippen LogP contribution in [0.2, 0.25) is 0 Å². The van der Waals surface area contributed by atoms with Crippen LogP contribution in [0.4, 0.5) is 11.6 Å². The van der Waals surface area contributed by atoms with Crippen molar-refractivity contribution in [2.24, 2.45) is 0 Å². The lowest BCUT2D eigenvalue weighted by molar-refractivity contribution is 0.0556. The molecule has 6 aliphatic rings. The summed E-state index contributed by atoms with van der Waals surface area (Å²) in [5.41, 5.74) is 2.50. The van der Waals surface area contributed by atoms with Gasteiger partial charge in [0.1, 0.15) is 11.6 Å². The quantitative estimate of drug-likeness (QED) is 0.405. The second kappa shape index (κ2) is 17.3. The molecule has 210 valence electrons. The van der Waals surface area contributed by atoms with Crippen molar-refractivity contribution >= 4 is 11.6 Å². The highest BCUT2D eigenvalue weighted by Crippen LogP contribution is 2.10. The molecule has 0 aliphatic carbocycles. The first kappa shape index (κ1) is 28.7. The van der Waals surface area contributed by atoms with Gasteiger partial charge in [-0.25, -0.2) is 9.97 Å². The first-order valence-corrected chi connectivity index (χ1v) is 14.2. The summed E-state index contributed by atoms with van der Waals surface area (Å²) < 4.78 is 11.3. The van der Waals surface area contributed by atoms with Gasteiger partial charge in [-0.2, -0.15) is 0 Å². The zero-order valence-corrected chi connectivity index (χ0v) is 22.8. The van der Waals surface area contributed by atoms with Crippen LogP contribution in [0.3, 0.4) is 0 Å². The van der Waals surface area contributed by atoms with E-state index in [1.807, 2.05) is 12.4 Å². The number of aromatic nitrogens is 2. The Labute approximate surface area is 227 Å². The van der Waals surface area contributed by atoms with Crippen molar-refractivity contribution in [1.82, 2.24) is 30.4 Å². The fraction of sp³-hybridized carbons (Fsp3) is 0.643. The lowest BCUT2D eigenvalue weighted by Gasteiger charge is -2.25. The molecular formula is C28H46N8O2. The van der Waals surface area contributed by atoms with E-state index in [1.54, 1.807) is 0 Å². The van der Waals surface area contributed by atoms with Crippen molar-refractivity contribution < 1.29 is 9.47 Å². The van der Waals surface area contributed by atoms with E-state index in [-0.39, 0.29) is 0 Å². The van der Waals surface area contributed by atoms with Gasteiger partial charge in [0.25, 0.3) is 0 Å². The highest BCUT2D eigenvalue weighted by atomic mass is 16.5. The van der Waals surface area contributed by atoms with Crippen molar-refractivity contribution in [3.05, 3.63) is 47.8 Å². The van der Waals surface area contributed by atoms with E-state index in [4.69, 9.17) is 9.47 Å². The summed E-state index contributed by atoms with van der Waals surface area (Å²) in [5.74, 6) is 1.77. The summed E-state index contributed by atoms with van der Waals surface area (Å²) in [4.78, 5) is 14.3. The lowest BCUT2D eigenvalue weighted by Crippen LogP contribution is -2.38. The average molecular weight is 527 g/mol. The van der Waals surface area contributed by atoms with Crippen LogP contribution in [-0.2, 0) is 22.6 Å². The molecule has 10 heteroatoms. The average Bonchev–Trinajstić information content (AvgIpc) is 2.94. The van der Waals surface area contributed by atoms with Crippen LogP contribution in [0.5, 0.6) is 0 Å². The predicted molar refractivity (Wildman–Crippen MR) is 153 cm³/mol. The SMILES string of the molecule is c1cc2ncc1CN1CCCNCCN(CCCNCC1)Cc1ccc(nc1)NCCOCCOCCN2. The fourth-order valence-corrected chi connectivity index (χ4v) is 4.71. The lowest BCUT2D eigenvalue weighted by atomic mass is 10.2. The number of hydrogen-bond donors (Lipinski definition) is 4. The van der Waals surface area contributed by atoms with E-state index in [2.05, 4.69) is 65.3 Å². The zero-order chi connectivity index (χ0) is 26.1. The van der Waals surface area contributed by atoms with Gasteiger partial charge in [-0.3, -0.25) is 9.80 Å². The van der Waals surface area contributed by atoms with Crippen molar-refractivity contribution in [3.8, 4) is 0 Å². The molecule has 0 amide bonds. The summed E-state index contributed by atoms with van der Waals surface area (Å²) in [6, 6.07) is 8.50. The molecule has 0 saturated carbocycles. The van der Waals surface area contributed by atoms with Gasteiger partial charge >= 0.3 is 0 Å². The molecule has 2 unspecified atom stereocenters. The Morgan fingerprint density at radius 2 is 1.05 bits per heavy atom. The molecule has 10 nitrogen and oxygen atoms in total. The van der Waals surface area contributed by atoms with Crippen LogP contribution in [0, 0.1) is 0 Å². The topological polar surface area (TPSA) is 98.8 Å². The Morgan fingerprint density at radius 3 is 1.50 bits per heavy atom. The maximum absolute atomic E-state index is 5.67. The third-order valence-corrected chi connectivity index (χ3v) is 6.80. The van der Waals surface area contributed by atoms with Gasteiger partial charge < -0.3 is 30.7 Å². The van der Waals surface area contributed by atoms with E-state index >= 15 is 0 Å². The number of rotatable bonds is 0. The molecule has 8 heterocycles. The summed E-state index contributed by atoms with van der Waals surface area (Å²) in [5, 5.41) is 14.0. The van der Waals surface area contributed by atoms with Gasteiger partial charge in [0.2, 0.25) is 0 Å². The normalized spacial score (nSPS) is 24.0. The third-order valence-electron chi connectivity index (χ3n) is 6.80. The van der Waals surface area contributed by atoms with Gasteiger partial charge in [0, 0.05) is 64.8 Å². The zero-order valence-electron chi connectivity index (χ0n) is 22.8. The number of ether oxygens (including phenoxy) is 2. The number of hydrogen-bond acceptors (Lipinski definition) is 10. The largest absolute Gasteiger partial charge is 0.377 e. The van der Waals surface area contributed by atoms with E-state index < -0.39 is 0 Å². The van der Waals surface area contributed by atoms with Crippen LogP contribution >= 0.6 is 0 Å². The minimum atomic E-state index is 0.581. The molecule has 1 saturated heterocycles. The number of nitrogens with zero attached hydrogens (tertiary/aromatic N) is 4. The second-order valence-electron chi connectivity index (χ2n) is 9.94. The Kier molecular flexibility index (Phi) is 13.0. The first-order valence-electron chi connectivity index (χ1n) is 14.2. The highest BCUT2D eigenvalue weighted by Gasteiger charge is 2.10. The summed E-state index contributed by atoms with van der Waals surface area (Å²) >= 11 is 0. The molecule has 2 aromatic heterocycles. The molecule has 8 rings (SSSR count). The van der Waals surface area contributed by atoms with Crippen molar-refractivity contribution in [3.63, 3.8) is 0 Å². The molecule has 0 spiro atoms. The molecule has 0 aromatic carbocycles. The molecule has 4 N–H and O–H groups in total. The smallest absolute Gasteiger partial charge is 0.125 e. The van der Waals surface area contributed by atoms with Gasteiger partial charge in [0.15, 0.2) is 0 Å². The van der Waals surface area contributed by atoms with Gasteiger partial charge in [0.05, 0.1) is 26.4 Å². The Hall–Kier alpha value is -2.34. The third kappa shape index (κ3) is 11.2. The second-order valence-corrected chi connectivity index (χ2v) is 9.94. The predicted octanol–water partition coefficient (Wildman–Crippen LogP) is 1.62.